The zero-order valence-corrected chi connectivity index (χ0v) is 14.6. The standard InChI is InChI=1S/C18H19N3O2S/c1-11-5-4-6-14(12(11)2)17(15-8-19-10-20-15)13-7-16(24-9-13)18(22)21-23-3/h4-10,17H,1-3H3,(H,19,20)(H,21,22). The predicted molar refractivity (Wildman–Crippen MR) is 94.2 cm³/mol. The molecule has 1 atom stereocenters. The largest absolute Gasteiger partial charge is 0.348 e. The van der Waals surface area contributed by atoms with Crippen LogP contribution in [0, 0.1) is 13.8 Å². The number of rotatable bonds is 5. The van der Waals surface area contributed by atoms with Gasteiger partial charge in [0.25, 0.3) is 5.91 Å². The van der Waals surface area contributed by atoms with Gasteiger partial charge in [-0.15, -0.1) is 11.3 Å². The fourth-order valence-corrected chi connectivity index (χ4v) is 3.62. The van der Waals surface area contributed by atoms with Gasteiger partial charge in [-0.3, -0.25) is 9.63 Å². The lowest BCUT2D eigenvalue weighted by atomic mass is 9.86. The first-order valence-electron chi connectivity index (χ1n) is 7.58. The van der Waals surface area contributed by atoms with Crippen molar-refractivity contribution in [1.82, 2.24) is 15.4 Å². The number of carbonyl (C=O) groups is 1. The number of imidazole rings is 1. The molecule has 0 radical (unpaired) electrons. The second-order valence-corrected chi connectivity index (χ2v) is 6.52. The monoisotopic (exact) mass is 341 g/mol. The van der Waals surface area contributed by atoms with Gasteiger partial charge in [0.1, 0.15) is 0 Å². The van der Waals surface area contributed by atoms with Gasteiger partial charge in [0, 0.05) is 11.9 Å². The van der Waals surface area contributed by atoms with Crippen LogP contribution in [0.25, 0.3) is 0 Å². The van der Waals surface area contributed by atoms with E-state index in [9.17, 15) is 4.79 Å². The van der Waals surface area contributed by atoms with Crippen LogP contribution in [0.1, 0.15) is 43.5 Å². The molecule has 0 aliphatic carbocycles. The molecule has 3 aromatic rings. The van der Waals surface area contributed by atoms with Gasteiger partial charge in [0.2, 0.25) is 0 Å². The minimum Gasteiger partial charge on any atom is -0.348 e. The summed E-state index contributed by atoms with van der Waals surface area (Å²) in [7, 11) is 1.43. The summed E-state index contributed by atoms with van der Waals surface area (Å²) in [6.07, 6.45) is 3.51. The number of aromatic nitrogens is 2. The lowest BCUT2D eigenvalue weighted by molar-refractivity contribution is 0.0542. The molecule has 5 nitrogen and oxygen atoms in total. The summed E-state index contributed by atoms with van der Waals surface area (Å²) in [4.78, 5) is 24.7. The first-order chi connectivity index (χ1) is 11.6. The van der Waals surface area contributed by atoms with Crippen molar-refractivity contribution in [2.45, 2.75) is 19.8 Å². The van der Waals surface area contributed by atoms with E-state index in [0.29, 0.717) is 4.88 Å². The molecule has 24 heavy (non-hydrogen) atoms. The van der Waals surface area contributed by atoms with Gasteiger partial charge in [-0.05, 0) is 47.5 Å². The first kappa shape index (κ1) is 16.4. The summed E-state index contributed by atoms with van der Waals surface area (Å²) in [5, 5.41) is 2.01. The number of hydroxylamine groups is 1. The Hall–Kier alpha value is -2.44. The number of hydrogen-bond donors (Lipinski definition) is 2. The van der Waals surface area contributed by atoms with Crippen molar-refractivity contribution >= 4 is 17.2 Å². The molecule has 0 aliphatic heterocycles. The lowest BCUT2D eigenvalue weighted by Crippen LogP contribution is -2.20. The van der Waals surface area contributed by atoms with Crippen LogP contribution in [0.5, 0.6) is 0 Å². The van der Waals surface area contributed by atoms with E-state index < -0.39 is 0 Å². The number of aromatic amines is 1. The predicted octanol–water partition coefficient (Wildman–Crippen LogP) is 3.56. The number of nitrogens with one attached hydrogen (secondary N) is 2. The van der Waals surface area contributed by atoms with E-state index in [0.717, 1.165) is 11.3 Å². The fraction of sp³-hybridized carbons (Fsp3) is 0.222. The second kappa shape index (κ2) is 6.98. The smallest absolute Gasteiger partial charge is 0.284 e. The van der Waals surface area contributed by atoms with E-state index in [4.69, 9.17) is 4.84 Å². The maximum absolute atomic E-state index is 12.0. The van der Waals surface area contributed by atoms with Gasteiger partial charge in [0.05, 0.1) is 24.2 Å². The van der Waals surface area contributed by atoms with Crippen LogP contribution in [0.4, 0.5) is 0 Å². The van der Waals surface area contributed by atoms with Gasteiger partial charge >= 0.3 is 0 Å². The van der Waals surface area contributed by atoms with Gasteiger partial charge in [-0.2, -0.15) is 0 Å². The Morgan fingerprint density at radius 2 is 2.21 bits per heavy atom. The zero-order valence-electron chi connectivity index (χ0n) is 13.8. The molecule has 124 valence electrons. The lowest BCUT2D eigenvalue weighted by Gasteiger charge is -2.18. The molecule has 2 N–H and O–H groups in total. The molecule has 2 aromatic heterocycles. The maximum Gasteiger partial charge on any atom is 0.284 e. The average molecular weight is 341 g/mol. The highest BCUT2D eigenvalue weighted by Gasteiger charge is 2.23. The number of hydrogen-bond acceptors (Lipinski definition) is 4. The fourth-order valence-electron chi connectivity index (χ4n) is 2.80. The summed E-state index contributed by atoms with van der Waals surface area (Å²) in [5.41, 5.74) is 8.10. The Balaban J connectivity index is 2.07. The van der Waals surface area contributed by atoms with Crippen LogP contribution >= 0.6 is 11.3 Å². The highest BCUT2D eigenvalue weighted by Crippen LogP contribution is 2.35. The third-order valence-electron chi connectivity index (χ3n) is 4.16. The van der Waals surface area contributed by atoms with Crippen LogP contribution in [0.3, 0.4) is 0 Å². The summed E-state index contributed by atoms with van der Waals surface area (Å²) in [6, 6.07) is 8.20. The highest BCUT2D eigenvalue weighted by molar-refractivity contribution is 7.12. The molecule has 0 bridgehead atoms. The third-order valence-corrected chi connectivity index (χ3v) is 5.11. The number of H-pyrrole nitrogens is 1. The molecule has 0 fully saturated rings. The van der Waals surface area contributed by atoms with Crippen molar-refractivity contribution in [3.63, 3.8) is 0 Å². The SMILES string of the molecule is CONC(=O)c1cc(C(c2cnc[nH]2)c2cccc(C)c2C)cs1. The molecule has 2 heterocycles. The topological polar surface area (TPSA) is 67.0 Å². The van der Waals surface area contributed by atoms with Crippen molar-refractivity contribution in [2.75, 3.05) is 7.11 Å². The molecule has 0 spiro atoms. The van der Waals surface area contributed by atoms with E-state index in [1.165, 1.54) is 35.1 Å². The molecule has 1 aromatic carbocycles. The number of aryl methyl sites for hydroxylation is 1. The molecular formula is C18H19N3O2S. The maximum atomic E-state index is 12.0. The summed E-state index contributed by atoms with van der Waals surface area (Å²) < 4.78 is 0. The Labute approximate surface area is 144 Å². The minimum atomic E-state index is -0.238. The van der Waals surface area contributed by atoms with Crippen molar-refractivity contribution in [3.8, 4) is 0 Å². The summed E-state index contributed by atoms with van der Waals surface area (Å²) in [6.45, 7) is 4.23. The Bertz CT molecular complexity index is 840. The number of thiophene rings is 1. The molecule has 3 rings (SSSR count). The normalized spacial score (nSPS) is 12.1. The van der Waals surface area contributed by atoms with Crippen LogP contribution in [0.15, 0.2) is 42.2 Å². The third kappa shape index (κ3) is 3.11. The zero-order chi connectivity index (χ0) is 17.1. The van der Waals surface area contributed by atoms with Crippen molar-refractivity contribution in [2.24, 2.45) is 0 Å². The number of amides is 1. The van der Waals surface area contributed by atoms with Gasteiger partial charge in [-0.1, -0.05) is 18.2 Å². The number of carbonyl (C=O) groups excluding carboxylic acids is 1. The van der Waals surface area contributed by atoms with Crippen LogP contribution < -0.4 is 5.48 Å². The average Bonchev–Trinajstić information content (AvgIpc) is 3.24. The van der Waals surface area contributed by atoms with Gasteiger partial charge < -0.3 is 4.98 Å². The highest BCUT2D eigenvalue weighted by atomic mass is 32.1. The van der Waals surface area contributed by atoms with E-state index in [1.807, 2.05) is 17.6 Å². The van der Waals surface area contributed by atoms with Gasteiger partial charge in [0.15, 0.2) is 0 Å². The van der Waals surface area contributed by atoms with Crippen LogP contribution in [-0.4, -0.2) is 23.0 Å². The Kier molecular flexibility index (Phi) is 4.78. The summed E-state index contributed by atoms with van der Waals surface area (Å²) in [5.74, 6) is -0.231. The number of nitrogens with zero attached hydrogens (tertiary/aromatic N) is 1. The van der Waals surface area contributed by atoms with Crippen LogP contribution in [-0.2, 0) is 4.84 Å². The molecule has 0 aliphatic rings. The molecule has 0 saturated carbocycles. The molecule has 6 heteroatoms. The van der Waals surface area contributed by atoms with E-state index in [-0.39, 0.29) is 11.8 Å². The van der Waals surface area contributed by atoms with Crippen LogP contribution in [0.2, 0.25) is 0 Å². The van der Waals surface area contributed by atoms with E-state index in [2.05, 4.69) is 47.5 Å². The first-order valence-corrected chi connectivity index (χ1v) is 8.46. The Morgan fingerprint density at radius 1 is 1.38 bits per heavy atom. The summed E-state index contributed by atoms with van der Waals surface area (Å²) >= 11 is 1.40. The Morgan fingerprint density at radius 3 is 2.92 bits per heavy atom. The number of benzene rings is 1. The van der Waals surface area contributed by atoms with E-state index >= 15 is 0 Å². The van der Waals surface area contributed by atoms with E-state index in [1.54, 1.807) is 6.33 Å². The second-order valence-electron chi connectivity index (χ2n) is 5.61. The minimum absolute atomic E-state index is 0.00717. The quantitative estimate of drug-likeness (QED) is 0.697. The molecule has 0 saturated heterocycles. The van der Waals surface area contributed by atoms with Crippen molar-refractivity contribution < 1.29 is 9.63 Å². The molecule has 1 unspecified atom stereocenters. The van der Waals surface area contributed by atoms with Gasteiger partial charge in [-0.25, -0.2) is 10.5 Å². The molecular weight excluding hydrogens is 322 g/mol. The van der Waals surface area contributed by atoms with Crippen molar-refractivity contribution in [3.05, 3.63) is 75.0 Å². The van der Waals surface area contributed by atoms with Crippen molar-refractivity contribution in [1.29, 1.82) is 0 Å². The molecule has 1 amide bonds.